The first-order valence-electron chi connectivity index (χ1n) is 24.2. The molecule has 0 fully saturated rings. The highest BCUT2D eigenvalue weighted by atomic mass is 16.5. The van der Waals surface area contributed by atoms with E-state index in [1.54, 1.807) is 0 Å². The normalized spacial score (nSPS) is 13.6. The monoisotopic (exact) mass is 788 g/mol. The summed E-state index contributed by atoms with van der Waals surface area (Å²) in [6.07, 6.45) is 50.6. The third-order valence-electron chi connectivity index (χ3n) is 11.0. The number of esters is 1. The quantitative estimate of drug-likeness (QED) is 0.0325. The van der Waals surface area contributed by atoms with Gasteiger partial charge in [-0.25, -0.2) is 0 Å². The molecule has 0 aliphatic rings. The number of hydrogen-bond donors (Lipinski definition) is 3. The Bertz CT molecular complexity index is 930. The first-order chi connectivity index (χ1) is 27.5. The zero-order chi connectivity index (χ0) is 41.0. The Morgan fingerprint density at radius 1 is 0.536 bits per heavy atom. The largest absolute Gasteiger partial charge is 0.462 e. The summed E-state index contributed by atoms with van der Waals surface area (Å²) in [4.78, 5) is 26.0. The van der Waals surface area contributed by atoms with Gasteiger partial charge < -0.3 is 20.3 Å². The minimum Gasteiger partial charge on any atom is -0.462 e. The van der Waals surface area contributed by atoms with Crippen molar-refractivity contribution >= 4 is 11.9 Å². The second kappa shape index (κ2) is 44.2. The molecule has 0 saturated heterocycles. The first kappa shape index (κ1) is 54.1. The van der Waals surface area contributed by atoms with Crippen LogP contribution in [-0.2, 0) is 14.3 Å². The molecule has 3 N–H and O–H groups in total. The van der Waals surface area contributed by atoms with Gasteiger partial charge >= 0.3 is 5.97 Å². The molecule has 0 spiro atoms. The molecule has 0 radical (unpaired) electrons. The third kappa shape index (κ3) is 38.9. The number of unbranched alkanes of at least 4 members (excludes halogenated alkanes) is 27. The second-order valence-corrected chi connectivity index (χ2v) is 16.6. The van der Waals surface area contributed by atoms with Crippen LogP contribution < -0.4 is 5.32 Å². The smallest absolute Gasteiger partial charge is 0.306 e. The summed E-state index contributed by atoms with van der Waals surface area (Å²) in [5, 5.41) is 23.6. The zero-order valence-electron chi connectivity index (χ0n) is 37.3. The van der Waals surface area contributed by atoms with E-state index in [0.717, 1.165) is 70.6 Å². The molecule has 0 aliphatic heterocycles. The number of carbonyl (C=O) groups is 2. The fraction of sp³-hybridized carbons (Fsp3) is 0.840. The fourth-order valence-electron chi connectivity index (χ4n) is 7.37. The van der Waals surface area contributed by atoms with Gasteiger partial charge in [0.05, 0.1) is 25.2 Å². The molecule has 0 aliphatic carbocycles. The number of amides is 1. The number of aliphatic hydroxyl groups is 2. The highest BCUT2D eigenvalue weighted by Crippen LogP contribution is 2.18. The van der Waals surface area contributed by atoms with Crippen molar-refractivity contribution in [1.82, 2.24) is 5.32 Å². The molecule has 0 rings (SSSR count). The van der Waals surface area contributed by atoms with Crippen molar-refractivity contribution in [3.63, 3.8) is 0 Å². The van der Waals surface area contributed by atoms with Crippen molar-refractivity contribution in [2.24, 2.45) is 0 Å². The zero-order valence-corrected chi connectivity index (χ0v) is 37.3. The summed E-state index contributed by atoms with van der Waals surface area (Å²) in [6, 6.07) is -0.708. The summed E-state index contributed by atoms with van der Waals surface area (Å²) < 4.78 is 5.90. The van der Waals surface area contributed by atoms with Crippen LogP contribution in [0.15, 0.2) is 36.5 Å². The van der Waals surface area contributed by atoms with Crippen molar-refractivity contribution < 1.29 is 24.5 Å². The summed E-state index contributed by atoms with van der Waals surface area (Å²) in [5.74, 6) is -0.502. The maximum absolute atomic E-state index is 13.1. The average molecular weight is 788 g/mol. The Hall–Kier alpha value is -1.92. The van der Waals surface area contributed by atoms with Gasteiger partial charge in [-0.05, 0) is 44.9 Å². The highest BCUT2D eigenvalue weighted by molar-refractivity contribution is 5.77. The maximum atomic E-state index is 13.1. The molecule has 3 atom stereocenters. The molecular formula is C50H93NO5. The Labute approximate surface area is 347 Å². The van der Waals surface area contributed by atoms with E-state index in [4.69, 9.17) is 4.74 Å². The van der Waals surface area contributed by atoms with Gasteiger partial charge in [-0.15, -0.1) is 0 Å². The topological polar surface area (TPSA) is 95.9 Å². The lowest BCUT2D eigenvalue weighted by molar-refractivity contribution is -0.151. The van der Waals surface area contributed by atoms with Crippen LogP contribution in [0.2, 0.25) is 0 Å². The molecule has 328 valence electrons. The summed E-state index contributed by atoms with van der Waals surface area (Å²) in [7, 11) is 0. The molecule has 0 aromatic heterocycles. The van der Waals surface area contributed by atoms with E-state index >= 15 is 0 Å². The average Bonchev–Trinajstić information content (AvgIpc) is 3.19. The Balaban J connectivity index is 4.56. The molecule has 6 nitrogen and oxygen atoms in total. The number of carbonyl (C=O) groups excluding carboxylic acids is 2. The Kier molecular flexibility index (Phi) is 42.7. The van der Waals surface area contributed by atoms with Crippen molar-refractivity contribution in [3.8, 4) is 0 Å². The van der Waals surface area contributed by atoms with Crippen molar-refractivity contribution in [3.05, 3.63) is 36.5 Å². The second-order valence-electron chi connectivity index (χ2n) is 16.6. The summed E-state index contributed by atoms with van der Waals surface area (Å²) in [5.41, 5.74) is 0. The minimum atomic E-state index is -0.792. The molecule has 1 amide bonds. The fourth-order valence-corrected chi connectivity index (χ4v) is 7.37. The maximum Gasteiger partial charge on any atom is 0.306 e. The van der Waals surface area contributed by atoms with E-state index in [2.05, 4.69) is 50.4 Å². The number of ether oxygens (including phenoxy) is 1. The lowest BCUT2D eigenvalue weighted by Gasteiger charge is -2.24. The van der Waals surface area contributed by atoms with Crippen LogP contribution in [-0.4, -0.2) is 46.9 Å². The Morgan fingerprint density at radius 2 is 0.964 bits per heavy atom. The van der Waals surface area contributed by atoms with Crippen LogP contribution >= 0.6 is 0 Å². The molecule has 0 heterocycles. The SMILES string of the molecule is CC/C=C/C=C/C=C\CCCCCC(CC(=O)NC(CO)C(O)CCCCCCCCCCCCC)OC(=O)CCCCCCCCCCCCCCCCC. The number of hydrogen-bond acceptors (Lipinski definition) is 5. The Morgan fingerprint density at radius 3 is 1.45 bits per heavy atom. The molecule has 56 heavy (non-hydrogen) atoms. The molecule has 0 bridgehead atoms. The number of aliphatic hydroxyl groups excluding tert-OH is 2. The van der Waals surface area contributed by atoms with Crippen LogP contribution in [0.3, 0.4) is 0 Å². The van der Waals surface area contributed by atoms with Crippen molar-refractivity contribution in [2.75, 3.05) is 6.61 Å². The number of allylic oxidation sites excluding steroid dienone is 6. The van der Waals surface area contributed by atoms with E-state index in [9.17, 15) is 19.8 Å². The van der Waals surface area contributed by atoms with Gasteiger partial charge in [-0.1, -0.05) is 224 Å². The van der Waals surface area contributed by atoms with Crippen molar-refractivity contribution in [1.29, 1.82) is 0 Å². The molecule has 0 aromatic carbocycles. The van der Waals surface area contributed by atoms with Crippen LogP contribution in [0.4, 0.5) is 0 Å². The van der Waals surface area contributed by atoms with E-state index in [0.29, 0.717) is 19.3 Å². The predicted molar refractivity (Wildman–Crippen MR) is 241 cm³/mol. The summed E-state index contributed by atoms with van der Waals surface area (Å²) >= 11 is 0. The number of nitrogens with one attached hydrogen (secondary N) is 1. The van der Waals surface area contributed by atoms with E-state index in [1.807, 2.05) is 12.2 Å². The molecule has 6 heteroatoms. The van der Waals surface area contributed by atoms with Gasteiger partial charge in [-0.2, -0.15) is 0 Å². The minimum absolute atomic E-state index is 0.0578. The van der Waals surface area contributed by atoms with Gasteiger partial charge in [0.2, 0.25) is 5.91 Å². The number of rotatable bonds is 43. The standard InChI is InChI=1S/C50H93NO5/c1-4-7-10-13-16-19-22-23-24-25-28-31-34-37-40-43-50(55)56-46(41-38-35-32-29-26-20-17-14-11-8-5-2)44-49(54)51-47(45-52)48(53)42-39-36-33-30-27-21-18-15-12-9-6-3/h8,11,14,17,20,26,46-48,52-53H,4-7,9-10,12-13,15-16,18-19,21-25,27-45H2,1-3H3,(H,51,54)/b11-8+,17-14+,26-20-. The lowest BCUT2D eigenvalue weighted by atomic mass is 10.0. The van der Waals surface area contributed by atoms with Gasteiger partial charge in [-0.3, -0.25) is 9.59 Å². The molecule has 3 unspecified atom stereocenters. The molecule has 0 saturated carbocycles. The van der Waals surface area contributed by atoms with Crippen LogP contribution in [0, 0.1) is 0 Å². The predicted octanol–water partition coefficient (Wildman–Crippen LogP) is 14.1. The van der Waals surface area contributed by atoms with Crippen molar-refractivity contribution in [2.45, 2.75) is 264 Å². The highest BCUT2D eigenvalue weighted by Gasteiger charge is 2.24. The van der Waals surface area contributed by atoms with E-state index in [1.165, 1.54) is 128 Å². The van der Waals surface area contributed by atoms with Gasteiger partial charge in [0, 0.05) is 6.42 Å². The van der Waals surface area contributed by atoms with Crippen LogP contribution in [0.1, 0.15) is 245 Å². The molecule has 0 aromatic rings. The van der Waals surface area contributed by atoms with Gasteiger partial charge in [0.1, 0.15) is 6.10 Å². The van der Waals surface area contributed by atoms with Crippen LogP contribution in [0.5, 0.6) is 0 Å². The van der Waals surface area contributed by atoms with Gasteiger partial charge in [0.25, 0.3) is 0 Å². The lowest BCUT2D eigenvalue weighted by Crippen LogP contribution is -2.46. The van der Waals surface area contributed by atoms with E-state index < -0.39 is 18.2 Å². The van der Waals surface area contributed by atoms with Gasteiger partial charge in [0.15, 0.2) is 0 Å². The molecular weight excluding hydrogens is 695 g/mol. The van der Waals surface area contributed by atoms with E-state index in [-0.39, 0.29) is 24.9 Å². The first-order valence-corrected chi connectivity index (χ1v) is 24.2. The van der Waals surface area contributed by atoms with Crippen LogP contribution in [0.25, 0.3) is 0 Å². The summed E-state index contributed by atoms with van der Waals surface area (Å²) in [6.45, 7) is 6.33. The third-order valence-corrected chi connectivity index (χ3v) is 11.0.